The predicted octanol–water partition coefficient (Wildman–Crippen LogP) is 1.26. The molecule has 0 amide bonds. The van der Waals surface area contributed by atoms with Gasteiger partial charge < -0.3 is 5.32 Å². The second-order valence-electron chi connectivity index (χ2n) is 5.03. The number of nitrogens with one attached hydrogen (secondary N) is 1. The van der Waals surface area contributed by atoms with Gasteiger partial charge in [-0.05, 0) is 32.4 Å². The first-order valence-corrected chi connectivity index (χ1v) is 7.16. The van der Waals surface area contributed by atoms with Crippen molar-refractivity contribution >= 4 is 0 Å². The van der Waals surface area contributed by atoms with Gasteiger partial charge in [0.05, 0.1) is 6.54 Å². The Labute approximate surface area is 110 Å². The zero-order chi connectivity index (χ0) is 12.8. The summed E-state index contributed by atoms with van der Waals surface area (Å²) in [5.41, 5.74) is 0. The summed E-state index contributed by atoms with van der Waals surface area (Å²) < 4.78 is 2.04. The van der Waals surface area contributed by atoms with Gasteiger partial charge in [-0.1, -0.05) is 13.8 Å². The van der Waals surface area contributed by atoms with Gasteiger partial charge in [0.2, 0.25) is 0 Å². The van der Waals surface area contributed by atoms with Gasteiger partial charge in [0.15, 0.2) is 0 Å². The van der Waals surface area contributed by atoms with Crippen LogP contribution in [0.25, 0.3) is 0 Å². The molecule has 18 heavy (non-hydrogen) atoms. The smallest absolute Gasteiger partial charge is 0.141 e. The number of likely N-dealkylation sites (N-methyl/N-ethyl adjacent to an activating group) is 1. The molecular weight excluding hydrogens is 226 g/mol. The first-order chi connectivity index (χ1) is 8.83. The number of aromatic nitrogens is 3. The molecule has 1 saturated heterocycles. The van der Waals surface area contributed by atoms with Gasteiger partial charge in [-0.25, -0.2) is 9.67 Å². The molecule has 1 fully saturated rings. The SMILES string of the molecule is CCCn1ncnc1CN1CCCC(NCC)C1. The molecule has 1 aliphatic heterocycles. The van der Waals surface area contributed by atoms with Crippen molar-refractivity contribution in [1.29, 1.82) is 0 Å². The molecule has 5 nitrogen and oxygen atoms in total. The summed E-state index contributed by atoms with van der Waals surface area (Å²) in [6.45, 7) is 9.63. The van der Waals surface area contributed by atoms with Crippen LogP contribution >= 0.6 is 0 Å². The number of piperidine rings is 1. The lowest BCUT2D eigenvalue weighted by atomic mass is 10.1. The summed E-state index contributed by atoms with van der Waals surface area (Å²) >= 11 is 0. The van der Waals surface area contributed by atoms with Gasteiger partial charge in [-0.3, -0.25) is 4.90 Å². The van der Waals surface area contributed by atoms with Crippen LogP contribution in [0.2, 0.25) is 0 Å². The van der Waals surface area contributed by atoms with Crippen molar-refractivity contribution in [3.8, 4) is 0 Å². The first kappa shape index (κ1) is 13.5. The van der Waals surface area contributed by atoms with Gasteiger partial charge >= 0.3 is 0 Å². The first-order valence-electron chi connectivity index (χ1n) is 7.16. The standard InChI is InChI=1S/C13H25N5/c1-3-7-18-13(15-11-16-18)10-17-8-5-6-12(9-17)14-4-2/h11-12,14H,3-10H2,1-2H3. The minimum absolute atomic E-state index is 0.645. The number of likely N-dealkylation sites (tertiary alicyclic amines) is 1. The fraction of sp³-hybridized carbons (Fsp3) is 0.846. The normalized spacial score (nSPS) is 21.3. The number of nitrogens with zero attached hydrogens (tertiary/aromatic N) is 4. The Morgan fingerprint density at radius 3 is 3.11 bits per heavy atom. The monoisotopic (exact) mass is 251 g/mol. The second-order valence-corrected chi connectivity index (χ2v) is 5.03. The van der Waals surface area contributed by atoms with E-state index in [4.69, 9.17) is 0 Å². The summed E-state index contributed by atoms with van der Waals surface area (Å²) in [7, 11) is 0. The van der Waals surface area contributed by atoms with E-state index in [0.717, 1.165) is 38.4 Å². The van der Waals surface area contributed by atoms with Crippen LogP contribution in [-0.2, 0) is 13.1 Å². The quantitative estimate of drug-likeness (QED) is 0.827. The fourth-order valence-corrected chi connectivity index (χ4v) is 2.66. The third-order valence-electron chi connectivity index (χ3n) is 3.49. The Morgan fingerprint density at radius 2 is 2.33 bits per heavy atom. The third-order valence-corrected chi connectivity index (χ3v) is 3.49. The number of hydrogen-bond donors (Lipinski definition) is 1. The van der Waals surface area contributed by atoms with E-state index < -0.39 is 0 Å². The molecule has 5 heteroatoms. The maximum absolute atomic E-state index is 4.39. The van der Waals surface area contributed by atoms with Crippen molar-refractivity contribution in [1.82, 2.24) is 25.0 Å². The molecule has 2 heterocycles. The third kappa shape index (κ3) is 3.53. The van der Waals surface area contributed by atoms with E-state index in [1.54, 1.807) is 6.33 Å². The Bertz CT molecular complexity index is 347. The molecular formula is C13H25N5. The van der Waals surface area contributed by atoms with Crippen LogP contribution in [-0.4, -0.2) is 45.3 Å². The summed E-state index contributed by atoms with van der Waals surface area (Å²) in [6.07, 6.45) is 5.36. The molecule has 0 spiro atoms. The number of aryl methyl sites for hydroxylation is 1. The molecule has 0 aliphatic carbocycles. The van der Waals surface area contributed by atoms with E-state index in [0.29, 0.717) is 6.04 Å². The van der Waals surface area contributed by atoms with E-state index in [-0.39, 0.29) is 0 Å². The van der Waals surface area contributed by atoms with Crippen LogP contribution in [0, 0.1) is 0 Å². The Hall–Kier alpha value is -0.940. The minimum atomic E-state index is 0.645. The van der Waals surface area contributed by atoms with Crippen LogP contribution < -0.4 is 5.32 Å². The lowest BCUT2D eigenvalue weighted by Crippen LogP contribution is -2.45. The van der Waals surface area contributed by atoms with Crippen LogP contribution in [0.5, 0.6) is 0 Å². The Kier molecular flexibility index (Phi) is 5.13. The van der Waals surface area contributed by atoms with Gasteiger partial charge in [-0.15, -0.1) is 0 Å². The zero-order valence-electron chi connectivity index (χ0n) is 11.6. The molecule has 1 aromatic rings. The fourth-order valence-electron chi connectivity index (χ4n) is 2.66. The lowest BCUT2D eigenvalue weighted by molar-refractivity contribution is 0.178. The molecule has 2 rings (SSSR count). The highest BCUT2D eigenvalue weighted by Gasteiger charge is 2.20. The lowest BCUT2D eigenvalue weighted by Gasteiger charge is -2.32. The van der Waals surface area contributed by atoms with Gasteiger partial charge in [0.1, 0.15) is 12.2 Å². The zero-order valence-corrected chi connectivity index (χ0v) is 11.6. The van der Waals surface area contributed by atoms with Crippen molar-refractivity contribution in [3.05, 3.63) is 12.2 Å². The number of rotatable bonds is 6. The van der Waals surface area contributed by atoms with Crippen LogP contribution in [0.4, 0.5) is 0 Å². The summed E-state index contributed by atoms with van der Waals surface area (Å²) in [6, 6.07) is 0.645. The molecule has 1 unspecified atom stereocenters. The largest absolute Gasteiger partial charge is 0.313 e. The van der Waals surface area contributed by atoms with Gasteiger partial charge in [0, 0.05) is 19.1 Å². The van der Waals surface area contributed by atoms with E-state index in [1.165, 1.54) is 19.4 Å². The Balaban J connectivity index is 1.89. The Morgan fingerprint density at radius 1 is 1.44 bits per heavy atom. The van der Waals surface area contributed by atoms with Gasteiger partial charge in [-0.2, -0.15) is 5.10 Å². The molecule has 0 aromatic carbocycles. The molecule has 0 bridgehead atoms. The van der Waals surface area contributed by atoms with Crippen molar-refractivity contribution in [2.75, 3.05) is 19.6 Å². The average Bonchev–Trinajstić information content (AvgIpc) is 2.78. The van der Waals surface area contributed by atoms with Crippen LogP contribution in [0.15, 0.2) is 6.33 Å². The van der Waals surface area contributed by atoms with E-state index in [1.807, 2.05) is 4.68 Å². The van der Waals surface area contributed by atoms with Crippen LogP contribution in [0.1, 0.15) is 38.9 Å². The summed E-state index contributed by atoms with van der Waals surface area (Å²) in [4.78, 5) is 6.88. The molecule has 1 aliphatic rings. The minimum Gasteiger partial charge on any atom is -0.313 e. The molecule has 0 radical (unpaired) electrons. The van der Waals surface area contributed by atoms with E-state index in [2.05, 4.69) is 34.1 Å². The van der Waals surface area contributed by atoms with Crippen molar-refractivity contribution in [2.24, 2.45) is 0 Å². The highest BCUT2D eigenvalue weighted by Crippen LogP contribution is 2.12. The van der Waals surface area contributed by atoms with Crippen molar-refractivity contribution in [3.63, 3.8) is 0 Å². The highest BCUT2D eigenvalue weighted by atomic mass is 15.3. The summed E-state index contributed by atoms with van der Waals surface area (Å²) in [5, 5.41) is 7.84. The molecule has 1 atom stereocenters. The van der Waals surface area contributed by atoms with E-state index in [9.17, 15) is 0 Å². The highest BCUT2D eigenvalue weighted by molar-refractivity contribution is 4.87. The maximum Gasteiger partial charge on any atom is 0.141 e. The average molecular weight is 251 g/mol. The maximum atomic E-state index is 4.39. The topological polar surface area (TPSA) is 46.0 Å². The van der Waals surface area contributed by atoms with Crippen molar-refractivity contribution < 1.29 is 0 Å². The second kappa shape index (κ2) is 6.85. The molecule has 102 valence electrons. The molecule has 1 N–H and O–H groups in total. The summed E-state index contributed by atoms with van der Waals surface area (Å²) in [5.74, 6) is 1.11. The van der Waals surface area contributed by atoms with Gasteiger partial charge in [0.25, 0.3) is 0 Å². The molecule has 1 aromatic heterocycles. The van der Waals surface area contributed by atoms with E-state index >= 15 is 0 Å². The number of hydrogen-bond acceptors (Lipinski definition) is 4. The van der Waals surface area contributed by atoms with Crippen molar-refractivity contribution in [2.45, 2.75) is 52.2 Å². The molecule has 0 saturated carbocycles. The predicted molar refractivity (Wildman–Crippen MR) is 72.3 cm³/mol. The van der Waals surface area contributed by atoms with Crippen LogP contribution in [0.3, 0.4) is 0 Å².